The second-order valence-corrected chi connectivity index (χ2v) is 7.53. The van der Waals surface area contributed by atoms with Gasteiger partial charge in [0.1, 0.15) is 12.4 Å². The van der Waals surface area contributed by atoms with Gasteiger partial charge in [-0.25, -0.2) is 0 Å². The molecule has 3 aromatic rings. The van der Waals surface area contributed by atoms with Crippen LogP contribution in [0, 0.1) is 20.8 Å². The predicted molar refractivity (Wildman–Crippen MR) is 109 cm³/mol. The molecule has 0 unspecified atom stereocenters. The standard InChI is InChI=1S/C21H22N2O4S/c1-13-9-14(2)11-16(10-13)26-8-6-22-21(25)19-15(3)12-18(28-19)23-20(24)17-5-4-7-27-17/h4-5,7,9-12H,6,8H2,1-3H3,(H,22,25)(H,23,24). The molecule has 0 aliphatic carbocycles. The van der Waals surface area contributed by atoms with E-state index in [0.717, 1.165) is 22.4 Å². The van der Waals surface area contributed by atoms with Gasteiger partial charge in [-0.15, -0.1) is 11.3 Å². The lowest BCUT2D eigenvalue weighted by Gasteiger charge is -2.09. The fraction of sp³-hybridized carbons (Fsp3) is 0.238. The normalized spacial score (nSPS) is 10.5. The Kier molecular flexibility index (Phi) is 6.16. The van der Waals surface area contributed by atoms with Crippen LogP contribution in [0.15, 0.2) is 47.1 Å². The van der Waals surface area contributed by atoms with Crippen molar-refractivity contribution in [3.05, 3.63) is 70.0 Å². The van der Waals surface area contributed by atoms with Crippen molar-refractivity contribution in [1.82, 2.24) is 5.32 Å². The van der Waals surface area contributed by atoms with E-state index in [1.807, 2.05) is 32.9 Å². The molecule has 146 valence electrons. The summed E-state index contributed by atoms with van der Waals surface area (Å²) >= 11 is 1.23. The van der Waals surface area contributed by atoms with Crippen LogP contribution in [0.4, 0.5) is 5.00 Å². The topological polar surface area (TPSA) is 80.6 Å². The first kappa shape index (κ1) is 19.7. The number of hydrogen-bond donors (Lipinski definition) is 2. The monoisotopic (exact) mass is 398 g/mol. The summed E-state index contributed by atoms with van der Waals surface area (Å²) in [6.45, 7) is 6.63. The van der Waals surface area contributed by atoms with Crippen LogP contribution in [0.5, 0.6) is 5.75 Å². The zero-order valence-electron chi connectivity index (χ0n) is 16.0. The summed E-state index contributed by atoms with van der Waals surface area (Å²) in [5.74, 6) is 0.479. The Morgan fingerprint density at radius 2 is 1.82 bits per heavy atom. The molecule has 0 saturated carbocycles. The van der Waals surface area contributed by atoms with Gasteiger partial charge in [0.05, 0.1) is 22.7 Å². The number of aryl methyl sites for hydroxylation is 3. The van der Waals surface area contributed by atoms with Gasteiger partial charge in [0.25, 0.3) is 11.8 Å². The molecule has 6 nitrogen and oxygen atoms in total. The summed E-state index contributed by atoms with van der Waals surface area (Å²) in [7, 11) is 0. The molecular weight excluding hydrogens is 376 g/mol. The molecule has 0 spiro atoms. The van der Waals surface area contributed by atoms with Crippen LogP contribution < -0.4 is 15.4 Å². The molecule has 7 heteroatoms. The van der Waals surface area contributed by atoms with Gasteiger partial charge in [0, 0.05) is 0 Å². The zero-order chi connectivity index (χ0) is 20.1. The maximum atomic E-state index is 12.4. The molecule has 0 aliphatic rings. The van der Waals surface area contributed by atoms with Gasteiger partial charge in [-0.05, 0) is 67.8 Å². The van der Waals surface area contributed by atoms with Crippen molar-refractivity contribution in [3.8, 4) is 5.75 Å². The van der Waals surface area contributed by atoms with Crippen molar-refractivity contribution in [2.75, 3.05) is 18.5 Å². The second kappa shape index (κ2) is 8.75. The van der Waals surface area contributed by atoms with E-state index in [1.54, 1.807) is 18.2 Å². The largest absolute Gasteiger partial charge is 0.492 e. The molecule has 3 rings (SSSR count). The van der Waals surface area contributed by atoms with Crippen molar-refractivity contribution >= 4 is 28.2 Å². The van der Waals surface area contributed by atoms with Crippen LogP contribution in [0.1, 0.15) is 36.9 Å². The summed E-state index contributed by atoms with van der Waals surface area (Å²) in [5, 5.41) is 6.18. The minimum atomic E-state index is -0.347. The number of ether oxygens (including phenoxy) is 1. The van der Waals surface area contributed by atoms with Crippen LogP contribution in [0.25, 0.3) is 0 Å². The van der Waals surface area contributed by atoms with Gasteiger partial charge >= 0.3 is 0 Å². The van der Waals surface area contributed by atoms with Gasteiger partial charge in [-0.3, -0.25) is 9.59 Å². The highest BCUT2D eigenvalue weighted by atomic mass is 32.1. The van der Waals surface area contributed by atoms with Crippen molar-refractivity contribution in [1.29, 1.82) is 0 Å². The maximum Gasteiger partial charge on any atom is 0.291 e. The first-order valence-electron chi connectivity index (χ1n) is 8.87. The Balaban J connectivity index is 1.51. The van der Waals surface area contributed by atoms with E-state index in [1.165, 1.54) is 17.6 Å². The van der Waals surface area contributed by atoms with Crippen LogP contribution in [0.3, 0.4) is 0 Å². The van der Waals surface area contributed by atoms with E-state index >= 15 is 0 Å². The van der Waals surface area contributed by atoms with E-state index in [4.69, 9.17) is 9.15 Å². The number of thiophene rings is 1. The highest BCUT2D eigenvalue weighted by molar-refractivity contribution is 7.18. The van der Waals surface area contributed by atoms with Gasteiger partial charge in [0.2, 0.25) is 0 Å². The first-order valence-corrected chi connectivity index (χ1v) is 9.68. The van der Waals surface area contributed by atoms with Gasteiger partial charge in [-0.1, -0.05) is 6.07 Å². The molecule has 0 radical (unpaired) electrons. The number of anilines is 1. The molecule has 2 aromatic heterocycles. The van der Waals surface area contributed by atoms with Gasteiger partial charge < -0.3 is 19.8 Å². The van der Waals surface area contributed by atoms with E-state index in [-0.39, 0.29) is 17.6 Å². The number of carbonyl (C=O) groups excluding carboxylic acids is 2. The lowest BCUT2D eigenvalue weighted by atomic mass is 10.1. The highest BCUT2D eigenvalue weighted by Gasteiger charge is 2.16. The Morgan fingerprint density at radius 3 is 2.50 bits per heavy atom. The molecule has 0 bridgehead atoms. The number of benzene rings is 1. The summed E-state index contributed by atoms with van der Waals surface area (Å²) in [6, 6.07) is 11.0. The number of furan rings is 1. The lowest BCUT2D eigenvalue weighted by Crippen LogP contribution is -2.27. The second-order valence-electron chi connectivity index (χ2n) is 6.48. The Morgan fingerprint density at radius 1 is 1.07 bits per heavy atom. The van der Waals surface area contributed by atoms with Crippen molar-refractivity contribution in [3.63, 3.8) is 0 Å². The molecule has 0 atom stereocenters. The minimum Gasteiger partial charge on any atom is -0.492 e. The minimum absolute atomic E-state index is 0.190. The quantitative estimate of drug-likeness (QED) is 0.581. The van der Waals surface area contributed by atoms with Crippen molar-refractivity contribution < 1.29 is 18.7 Å². The van der Waals surface area contributed by atoms with E-state index in [0.29, 0.717) is 23.0 Å². The molecule has 28 heavy (non-hydrogen) atoms. The molecule has 1 aromatic carbocycles. The summed E-state index contributed by atoms with van der Waals surface area (Å²) in [4.78, 5) is 25.0. The fourth-order valence-electron chi connectivity index (χ4n) is 2.78. The smallest absolute Gasteiger partial charge is 0.291 e. The summed E-state index contributed by atoms with van der Waals surface area (Å²) in [6.07, 6.45) is 1.44. The Labute approximate surface area is 167 Å². The number of rotatable bonds is 7. The van der Waals surface area contributed by atoms with Crippen LogP contribution in [0.2, 0.25) is 0 Å². The zero-order valence-corrected chi connectivity index (χ0v) is 16.8. The summed E-state index contributed by atoms with van der Waals surface area (Å²) in [5.41, 5.74) is 3.07. The average Bonchev–Trinajstić information content (AvgIpc) is 3.27. The molecule has 2 heterocycles. The molecule has 0 aliphatic heterocycles. The Hall–Kier alpha value is -3.06. The molecular formula is C21H22N2O4S. The van der Waals surface area contributed by atoms with Crippen molar-refractivity contribution in [2.45, 2.75) is 20.8 Å². The third kappa shape index (κ3) is 5.01. The molecule has 0 saturated heterocycles. The first-order chi connectivity index (χ1) is 13.4. The van der Waals surface area contributed by atoms with E-state index in [2.05, 4.69) is 16.7 Å². The molecule has 2 N–H and O–H groups in total. The number of amides is 2. The highest BCUT2D eigenvalue weighted by Crippen LogP contribution is 2.27. The fourth-order valence-corrected chi connectivity index (χ4v) is 3.76. The van der Waals surface area contributed by atoms with Crippen LogP contribution in [-0.2, 0) is 0 Å². The molecule has 2 amide bonds. The lowest BCUT2D eigenvalue weighted by molar-refractivity contribution is 0.0949. The number of nitrogens with one attached hydrogen (secondary N) is 2. The Bertz CT molecular complexity index is 956. The van der Waals surface area contributed by atoms with E-state index < -0.39 is 0 Å². The number of hydrogen-bond acceptors (Lipinski definition) is 5. The number of carbonyl (C=O) groups is 2. The van der Waals surface area contributed by atoms with Crippen LogP contribution in [-0.4, -0.2) is 25.0 Å². The maximum absolute atomic E-state index is 12.4. The SMILES string of the molecule is Cc1cc(C)cc(OCCNC(=O)c2sc(NC(=O)c3ccco3)cc2C)c1. The van der Waals surface area contributed by atoms with Crippen LogP contribution >= 0.6 is 11.3 Å². The molecule has 0 fully saturated rings. The third-order valence-electron chi connectivity index (χ3n) is 3.96. The predicted octanol–water partition coefficient (Wildman–Crippen LogP) is 4.33. The van der Waals surface area contributed by atoms with E-state index in [9.17, 15) is 9.59 Å². The van der Waals surface area contributed by atoms with Gasteiger partial charge in [0.15, 0.2) is 5.76 Å². The third-order valence-corrected chi connectivity index (χ3v) is 5.11. The average molecular weight is 398 g/mol. The van der Waals surface area contributed by atoms with Crippen molar-refractivity contribution in [2.24, 2.45) is 0 Å². The van der Waals surface area contributed by atoms with Gasteiger partial charge in [-0.2, -0.15) is 0 Å². The summed E-state index contributed by atoms with van der Waals surface area (Å²) < 4.78 is 10.8.